The molecule has 1 aromatic carbocycles. The third-order valence-electron chi connectivity index (χ3n) is 4.89. The van der Waals surface area contributed by atoms with Crippen LogP contribution in [0.4, 0.5) is 0 Å². The molecule has 0 spiro atoms. The molecule has 1 fully saturated rings. The highest BCUT2D eigenvalue weighted by Gasteiger charge is 2.38. The molecular weight excluding hydrogens is 232 g/mol. The zero-order chi connectivity index (χ0) is 12.4. The lowest BCUT2D eigenvalue weighted by atomic mass is 9.94. The van der Waals surface area contributed by atoms with Gasteiger partial charge in [0, 0.05) is 28.6 Å². The van der Waals surface area contributed by atoms with Crippen LogP contribution in [-0.4, -0.2) is 9.97 Å². The maximum Gasteiger partial charge on any atom is 0.0799 e. The van der Waals surface area contributed by atoms with Crippen LogP contribution in [0.1, 0.15) is 42.4 Å². The number of pyridine rings is 2. The Bertz CT molecular complexity index is 822. The van der Waals surface area contributed by atoms with E-state index in [0.717, 1.165) is 22.9 Å². The van der Waals surface area contributed by atoms with Gasteiger partial charge >= 0.3 is 0 Å². The maximum absolute atomic E-state index is 5.03. The minimum atomic E-state index is 0.719. The van der Waals surface area contributed by atoms with Crippen molar-refractivity contribution in [3.05, 3.63) is 47.8 Å². The molecule has 2 aliphatic rings. The molecule has 2 heteroatoms. The number of hydrogen-bond donors (Lipinski definition) is 0. The SMILES string of the molecule is c1cnc2ccc3cc4c(nc3c2c1)C1CCC4C1. The van der Waals surface area contributed by atoms with E-state index in [1.54, 1.807) is 0 Å². The van der Waals surface area contributed by atoms with Crippen LogP contribution in [-0.2, 0) is 0 Å². The van der Waals surface area contributed by atoms with Crippen LogP contribution < -0.4 is 0 Å². The van der Waals surface area contributed by atoms with E-state index in [9.17, 15) is 0 Å². The average Bonchev–Trinajstić information content (AvgIpc) is 3.07. The zero-order valence-corrected chi connectivity index (χ0v) is 10.6. The number of hydrogen-bond acceptors (Lipinski definition) is 2. The highest BCUT2D eigenvalue weighted by atomic mass is 14.8. The molecule has 2 aromatic heterocycles. The number of benzene rings is 1. The van der Waals surface area contributed by atoms with Crippen molar-refractivity contribution in [2.75, 3.05) is 0 Å². The minimum absolute atomic E-state index is 0.719. The summed E-state index contributed by atoms with van der Waals surface area (Å²) in [7, 11) is 0. The maximum atomic E-state index is 5.03. The Morgan fingerprint density at radius 1 is 1.05 bits per heavy atom. The second kappa shape index (κ2) is 3.32. The van der Waals surface area contributed by atoms with Gasteiger partial charge < -0.3 is 0 Å². The molecule has 92 valence electrons. The summed E-state index contributed by atoms with van der Waals surface area (Å²) >= 11 is 0. The summed E-state index contributed by atoms with van der Waals surface area (Å²) in [6.45, 7) is 0. The first-order valence-electron chi connectivity index (χ1n) is 7.08. The summed E-state index contributed by atoms with van der Waals surface area (Å²) in [6.07, 6.45) is 5.87. The van der Waals surface area contributed by atoms with Gasteiger partial charge in [-0.15, -0.1) is 0 Å². The molecule has 2 heterocycles. The first-order valence-corrected chi connectivity index (χ1v) is 7.08. The van der Waals surface area contributed by atoms with Gasteiger partial charge in [-0.1, -0.05) is 6.07 Å². The molecule has 2 unspecified atom stereocenters. The van der Waals surface area contributed by atoms with Crippen molar-refractivity contribution in [1.82, 2.24) is 9.97 Å². The summed E-state index contributed by atoms with van der Waals surface area (Å²) in [5, 5.41) is 2.46. The molecule has 2 aliphatic carbocycles. The van der Waals surface area contributed by atoms with Crippen molar-refractivity contribution in [3.63, 3.8) is 0 Å². The number of rotatable bonds is 0. The van der Waals surface area contributed by atoms with Crippen LogP contribution in [0.25, 0.3) is 21.8 Å². The van der Waals surface area contributed by atoms with Crippen LogP contribution in [0, 0.1) is 0 Å². The smallest absolute Gasteiger partial charge is 0.0799 e. The van der Waals surface area contributed by atoms with Crippen molar-refractivity contribution >= 4 is 21.8 Å². The summed E-state index contributed by atoms with van der Waals surface area (Å²) in [6, 6.07) is 10.8. The predicted molar refractivity (Wildman–Crippen MR) is 76.4 cm³/mol. The van der Waals surface area contributed by atoms with E-state index >= 15 is 0 Å². The zero-order valence-electron chi connectivity index (χ0n) is 10.6. The third kappa shape index (κ3) is 1.21. The number of aromatic nitrogens is 2. The fraction of sp³-hybridized carbons (Fsp3) is 0.294. The largest absolute Gasteiger partial charge is 0.256 e. The second-order valence-electron chi connectivity index (χ2n) is 5.88. The molecule has 1 saturated carbocycles. The first kappa shape index (κ1) is 9.90. The molecule has 2 bridgehead atoms. The van der Waals surface area contributed by atoms with E-state index in [2.05, 4.69) is 29.2 Å². The second-order valence-corrected chi connectivity index (χ2v) is 5.88. The lowest BCUT2D eigenvalue weighted by molar-refractivity contribution is 0.701. The highest BCUT2D eigenvalue weighted by Crippen LogP contribution is 2.52. The van der Waals surface area contributed by atoms with Crippen molar-refractivity contribution in [2.24, 2.45) is 0 Å². The molecule has 19 heavy (non-hydrogen) atoms. The van der Waals surface area contributed by atoms with Gasteiger partial charge in [0.1, 0.15) is 0 Å². The standard InChI is InChI=1S/C17H14N2/c1-2-13-15(18-7-1)6-5-12-9-14-10-3-4-11(8-10)17(14)19-16(12)13/h1-2,5-7,9-11H,3-4,8H2. The molecule has 5 rings (SSSR count). The van der Waals surface area contributed by atoms with Crippen molar-refractivity contribution in [2.45, 2.75) is 31.1 Å². The van der Waals surface area contributed by atoms with Gasteiger partial charge in [-0.3, -0.25) is 9.97 Å². The molecule has 2 nitrogen and oxygen atoms in total. The van der Waals surface area contributed by atoms with E-state index in [1.165, 1.54) is 41.3 Å². The Morgan fingerprint density at radius 2 is 2.00 bits per heavy atom. The van der Waals surface area contributed by atoms with Gasteiger partial charge in [0.15, 0.2) is 0 Å². The number of fused-ring (bicyclic) bond motifs is 8. The van der Waals surface area contributed by atoms with Gasteiger partial charge in [0.2, 0.25) is 0 Å². The monoisotopic (exact) mass is 246 g/mol. The Morgan fingerprint density at radius 3 is 3.00 bits per heavy atom. The highest BCUT2D eigenvalue weighted by molar-refractivity contribution is 6.03. The molecule has 0 aliphatic heterocycles. The Balaban J connectivity index is 1.92. The summed E-state index contributed by atoms with van der Waals surface area (Å²) < 4.78 is 0. The quantitative estimate of drug-likeness (QED) is 0.557. The predicted octanol–water partition coefficient (Wildman–Crippen LogP) is 4.15. The van der Waals surface area contributed by atoms with Crippen molar-refractivity contribution < 1.29 is 0 Å². The fourth-order valence-corrected chi connectivity index (χ4v) is 3.99. The molecular formula is C17H14N2. The fourth-order valence-electron chi connectivity index (χ4n) is 3.99. The van der Waals surface area contributed by atoms with Crippen LogP contribution in [0.3, 0.4) is 0 Å². The molecule has 2 atom stereocenters. The first-order chi connectivity index (χ1) is 9.40. The Labute approximate surface area is 111 Å². The van der Waals surface area contributed by atoms with E-state index in [1.807, 2.05) is 12.3 Å². The van der Waals surface area contributed by atoms with Crippen molar-refractivity contribution in [3.8, 4) is 0 Å². The summed E-state index contributed by atoms with van der Waals surface area (Å²) in [4.78, 5) is 9.46. The molecule has 0 radical (unpaired) electrons. The van der Waals surface area contributed by atoms with E-state index < -0.39 is 0 Å². The lowest BCUT2D eigenvalue weighted by Gasteiger charge is -2.15. The van der Waals surface area contributed by atoms with Crippen LogP contribution in [0.5, 0.6) is 0 Å². The lowest BCUT2D eigenvalue weighted by Crippen LogP contribution is -2.01. The Kier molecular flexibility index (Phi) is 1.73. The molecule has 0 amide bonds. The topological polar surface area (TPSA) is 25.8 Å². The van der Waals surface area contributed by atoms with Crippen LogP contribution in [0.2, 0.25) is 0 Å². The van der Waals surface area contributed by atoms with Gasteiger partial charge in [-0.05, 0) is 55.0 Å². The van der Waals surface area contributed by atoms with Gasteiger partial charge in [0.25, 0.3) is 0 Å². The molecule has 0 saturated heterocycles. The van der Waals surface area contributed by atoms with Crippen LogP contribution in [0.15, 0.2) is 36.5 Å². The van der Waals surface area contributed by atoms with Crippen LogP contribution >= 0.6 is 0 Å². The van der Waals surface area contributed by atoms with E-state index in [0.29, 0.717) is 0 Å². The minimum Gasteiger partial charge on any atom is -0.256 e. The third-order valence-corrected chi connectivity index (χ3v) is 4.89. The molecule has 3 aromatic rings. The normalized spacial score (nSPS) is 24.2. The molecule has 0 N–H and O–H groups in total. The summed E-state index contributed by atoms with van der Waals surface area (Å²) in [5.41, 5.74) is 5.08. The van der Waals surface area contributed by atoms with Gasteiger partial charge in [-0.25, -0.2) is 0 Å². The van der Waals surface area contributed by atoms with Gasteiger partial charge in [-0.2, -0.15) is 0 Å². The number of nitrogens with zero attached hydrogens (tertiary/aromatic N) is 2. The van der Waals surface area contributed by atoms with Gasteiger partial charge in [0.05, 0.1) is 11.0 Å². The summed E-state index contributed by atoms with van der Waals surface area (Å²) in [5.74, 6) is 1.50. The average molecular weight is 246 g/mol. The van der Waals surface area contributed by atoms with Crippen molar-refractivity contribution in [1.29, 1.82) is 0 Å². The Hall–Kier alpha value is -1.96. The van der Waals surface area contributed by atoms with E-state index in [4.69, 9.17) is 4.98 Å². The van der Waals surface area contributed by atoms with E-state index in [-0.39, 0.29) is 0 Å².